The number of carbonyl (C=O) groups excluding carboxylic acids is 2. The number of methoxy groups -OCH3 is 1. The van der Waals surface area contributed by atoms with Gasteiger partial charge in [-0.05, 0) is 37.3 Å². The van der Waals surface area contributed by atoms with Gasteiger partial charge in [-0.1, -0.05) is 59.3 Å². The quantitative estimate of drug-likeness (QED) is 0.386. The number of nitrogens with zero attached hydrogens (tertiary/aromatic N) is 3. The Hall–Kier alpha value is -4.17. The molecule has 0 fully saturated rings. The zero-order chi connectivity index (χ0) is 24.1. The number of benzene rings is 3. The van der Waals surface area contributed by atoms with Crippen LogP contribution in [0, 0.1) is 6.92 Å². The first-order valence-electron chi connectivity index (χ1n) is 10.4. The molecule has 1 aromatic heterocycles. The Morgan fingerprint density at radius 3 is 2.50 bits per heavy atom. The number of hydrogen-bond donors (Lipinski definition) is 1. The summed E-state index contributed by atoms with van der Waals surface area (Å²) in [5.74, 6) is -0.715. The zero-order valence-electron chi connectivity index (χ0n) is 18.4. The normalized spacial score (nSPS) is 11.5. The van der Waals surface area contributed by atoms with Crippen LogP contribution in [0.4, 0.5) is 5.69 Å². The highest BCUT2D eigenvalue weighted by Gasteiger charge is 2.28. The van der Waals surface area contributed by atoms with Gasteiger partial charge in [0.05, 0.1) is 18.5 Å². The van der Waals surface area contributed by atoms with E-state index in [-0.39, 0.29) is 5.69 Å². The summed E-state index contributed by atoms with van der Waals surface area (Å²) in [6.45, 7) is 1.69. The third-order valence-electron chi connectivity index (χ3n) is 5.04. The number of carbonyl (C=O) groups is 2. The van der Waals surface area contributed by atoms with Gasteiger partial charge in [0.15, 0.2) is 5.69 Å². The summed E-state index contributed by atoms with van der Waals surface area (Å²) in [4.78, 5) is 26.2. The second kappa shape index (κ2) is 10.2. The monoisotopic (exact) mass is 476 g/mol. The van der Waals surface area contributed by atoms with E-state index in [1.165, 1.54) is 11.8 Å². The lowest BCUT2D eigenvalue weighted by Crippen LogP contribution is -2.26. The zero-order valence-corrected chi connectivity index (χ0v) is 19.2. The van der Waals surface area contributed by atoms with Crippen molar-refractivity contribution in [2.75, 3.05) is 12.4 Å². The van der Waals surface area contributed by atoms with Crippen molar-refractivity contribution in [3.8, 4) is 11.4 Å². The van der Waals surface area contributed by atoms with Gasteiger partial charge in [-0.3, -0.25) is 4.79 Å². The lowest BCUT2D eigenvalue weighted by atomic mass is 10.1. The Morgan fingerprint density at radius 1 is 1.00 bits per heavy atom. The topological polar surface area (TPSA) is 95.3 Å². The van der Waals surface area contributed by atoms with E-state index in [9.17, 15) is 9.59 Å². The smallest absolute Gasteiger partial charge is 0.361 e. The van der Waals surface area contributed by atoms with Crippen LogP contribution >= 0.6 is 11.6 Å². The summed E-state index contributed by atoms with van der Waals surface area (Å²) in [6, 6.07) is 22.6. The number of hydrogen-bond acceptors (Lipinski definition) is 6. The molecule has 3 aromatic carbocycles. The predicted molar refractivity (Wildman–Crippen MR) is 127 cm³/mol. The molecule has 0 saturated heterocycles. The van der Waals surface area contributed by atoms with Crippen molar-refractivity contribution in [3.63, 3.8) is 0 Å². The predicted octanol–water partition coefficient (Wildman–Crippen LogP) is 4.77. The highest BCUT2D eigenvalue weighted by molar-refractivity contribution is 6.30. The summed E-state index contributed by atoms with van der Waals surface area (Å²) in [7, 11) is 1.54. The van der Waals surface area contributed by atoms with Crippen LogP contribution in [0.1, 0.15) is 27.8 Å². The molecule has 0 spiro atoms. The van der Waals surface area contributed by atoms with Gasteiger partial charge in [0.2, 0.25) is 6.10 Å². The number of esters is 1. The van der Waals surface area contributed by atoms with E-state index >= 15 is 0 Å². The van der Waals surface area contributed by atoms with Gasteiger partial charge in [0.1, 0.15) is 5.75 Å². The molecule has 1 unspecified atom stereocenters. The van der Waals surface area contributed by atoms with Gasteiger partial charge >= 0.3 is 5.97 Å². The molecule has 1 N–H and O–H groups in total. The van der Waals surface area contributed by atoms with Crippen LogP contribution in [0.3, 0.4) is 0 Å². The maximum absolute atomic E-state index is 13.1. The van der Waals surface area contributed by atoms with Crippen molar-refractivity contribution in [2.45, 2.75) is 13.0 Å². The molecule has 4 aromatic rings. The first-order chi connectivity index (χ1) is 16.5. The minimum absolute atomic E-state index is 0.00455. The fourth-order valence-electron chi connectivity index (χ4n) is 3.34. The SMILES string of the molecule is COc1cccc(NC(=O)C(OC(=O)c2nnn(-c3cccc(Cl)c3)c2C)c2ccccc2)c1. The first kappa shape index (κ1) is 23.0. The summed E-state index contributed by atoms with van der Waals surface area (Å²) in [6.07, 6.45) is -1.21. The molecule has 0 saturated carbocycles. The van der Waals surface area contributed by atoms with Crippen LogP contribution in [0.5, 0.6) is 5.75 Å². The molecule has 1 atom stereocenters. The van der Waals surface area contributed by atoms with Crippen molar-refractivity contribution >= 4 is 29.2 Å². The van der Waals surface area contributed by atoms with Crippen LogP contribution < -0.4 is 10.1 Å². The van der Waals surface area contributed by atoms with Gasteiger partial charge in [-0.25, -0.2) is 9.48 Å². The van der Waals surface area contributed by atoms with E-state index in [1.54, 1.807) is 79.7 Å². The molecule has 0 radical (unpaired) electrons. The Kier molecular flexibility index (Phi) is 6.89. The van der Waals surface area contributed by atoms with E-state index in [0.717, 1.165) is 0 Å². The van der Waals surface area contributed by atoms with E-state index in [0.29, 0.717) is 33.4 Å². The first-order valence-corrected chi connectivity index (χ1v) is 10.7. The molecule has 4 rings (SSSR count). The highest BCUT2D eigenvalue weighted by atomic mass is 35.5. The van der Waals surface area contributed by atoms with Crippen molar-refractivity contribution < 1.29 is 19.1 Å². The fraction of sp³-hybridized carbons (Fsp3) is 0.120. The van der Waals surface area contributed by atoms with Crippen LogP contribution in [-0.2, 0) is 9.53 Å². The van der Waals surface area contributed by atoms with Gasteiger partial charge in [-0.2, -0.15) is 0 Å². The summed E-state index contributed by atoms with van der Waals surface area (Å²) < 4.78 is 12.3. The van der Waals surface area contributed by atoms with Gasteiger partial charge < -0.3 is 14.8 Å². The third kappa shape index (κ3) is 5.07. The molecule has 0 aliphatic heterocycles. The van der Waals surface area contributed by atoms with Crippen molar-refractivity contribution in [3.05, 3.63) is 101 Å². The fourth-order valence-corrected chi connectivity index (χ4v) is 3.53. The molecule has 1 heterocycles. The van der Waals surface area contributed by atoms with E-state index < -0.39 is 18.0 Å². The third-order valence-corrected chi connectivity index (χ3v) is 5.28. The Bertz CT molecular complexity index is 1320. The molecular weight excluding hydrogens is 456 g/mol. The van der Waals surface area contributed by atoms with Crippen LogP contribution in [0.25, 0.3) is 5.69 Å². The largest absolute Gasteiger partial charge is 0.497 e. The van der Waals surface area contributed by atoms with Crippen LogP contribution in [0.2, 0.25) is 5.02 Å². The summed E-state index contributed by atoms with van der Waals surface area (Å²) >= 11 is 6.07. The number of halogens is 1. The van der Waals surface area contributed by atoms with Crippen LogP contribution in [-0.4, -0.2) is 34.0 Å². The summed E-state index contributed by atoms with van der Waals surface area (Å²) in [5, 5.41) is 11.3. The number of rotatable bonds is 7. The maximum atomic E-state index is 13.1. The Morgan fingerprint density at radius 2 is 1.76 bits per heavy atom. The van der Waals surface area contributed by atoms with Gasteiger partial charge in [-0.15, -0.1) is 5.10 Å². The molecule has 172 valence electrons. The second-order valence-electron chi connectivity index (χ2n) is 7.33. The van der Waals surface area contributed by atoms with Crippen molar-refractivity contribution in [1.29, 1.82) is 0 Å². The standard InChI is InChI=1S/C25H21ClN4O4/c1-16-22(28-29-30(16)20-12-6-10-18(26)14-20)25(32)34-23(17-8-4-3-5-9-17)24(31)27-19-11-7-13-21(15-19)33-2/h3-15,23H,1-2H3,(H,27,31). The number of ether oxygens (including phenoxy) is 2. The van der Waals surface area contributed by atoms with Crippen molar-refractivity contribution in [1.82, 2.24) is 15.0 Å². The van der Waals surface area contributed by atoms with Gasteiger partial charge in [0, 0.05) is 22.3 Å². The lowest BCUT2D eigenvalue weighted by molar-refractivity contribution is -0.125. The minimum Gasteiger partial charge on any atom is -0.497 e. The molecule has 9 heteroatoms. The lowest BCUT2D eigenvalue weighted by Gasteiger charge is -2.18. The summed E-state index contributed by atoms with van der Waals surface area (Å²) in [5.41, 5.74) is 2.11. The Labute approximate surface area is 201 Å². The number of aromatic nitrogens is 3. The number of amides is 1. The minimum atomic E-state index is -1.21. The number of anilines is 1. The Balaban J connectivity index is 1.60. The number of nitrogens with one attached hydrogen (secondary N) is 1. The van der Waals surface area contributed by atoms with E-state index in [4.69, 9.17) is 21.1 Å². The molecular formula is C25H21ClN4O4. The van der Waals surface area contributed by atoms with Gasteiger partial charge in [0.25, 0.3) is 5.91 Å². The van der Waals surface area contributed by atoms with E-state index in [2.05, 4.69) is 15.6 Å². The molecule has 0 bridgehead atoms. The van der Waals surface area contributed by atoms with E-state index in [1.807, 2.05) is 6.07 Å². The molecule has 0 aliphatic carbocycles. The maximum Gasteiger partial charge on any atom is 0.361 e. The second-order valence-corrected chi connectivity index (χ2v) is 7.77. The van der Waals surface area contributed by atoms with Crippen molar-refractivity contribution in [2.24, 2.45) is 0 Å². The average molecular weight is 477 g/mol. The average Bonchev–Trinajstić information content (AvgIpc) is 3.24. The molecule has 1 amide bonds. The molecule has 0 aliphatic rings. The molecule has 8 nitrogen and oxygen atoms in total. The highest BCUT2D eigenvalue weighted by Crippen LogP contribution is 2.24. The van der Waals surface area contributed by atoms with Crippen LogP contribution in [0.15, 0.2) is 78.9 Å². The molecule has 34 heavy (non-hydrogen) atoms.